The number of benzene rings is 1. The third-order valence-corrected chi connectivity index (χ3v) is 3.68. The van der Waals surface area contributed by atoms with Crippen molar-refractivity contribution in [3.05, 3.63) is 52.2 Å². The van der Waals surface area contributed by atoms with Crippen LogP contribution in [0.15, 0.2) is 41.8 Å². The quantitative estimate of drug-likeness (QED) is 0.848. The number of thiophene rings is 1. The Hall–Kier alpha value is -1.32. The predicted molar refractivity (Wildman–Crippen MR) is 77.2 cm³/mol. The van der Waals surface area contributed by atoms with Crippen molar-refractivity contribution in [3.8, 4) is 5.75 Å². The summed E-state index contributed by atoms with van der Waals surface area (Å²) < 4.78 is 5.80. The number of hydrogen-bond acceptors (Lipinski definition) is 3. The third-order valence-electron chi connectivity index (χ3n) is 2.83. The van der Waals surface area contributed by atoms with Crippen molar-refractivity contribution in [2.24, 2.45) is 0 Å². The Labute approximate surface area is 113 Å². The Kier molecular flexibility index (Phi) is 4.79. The molecule has 0 radical (unpaired) electrons. The maximum absolute atomic E-state index is 5.80. The summed E-state index contributed by atoms with van der Waals surface area (Å²) in [6.45, 7) is 5.91. The van der Waals surface area contributed by atoms with E-state index in [0.29, 0.717) is 12.6 Å². The van der Waals surface area contributed by atoms with Crippen LogP contribution in [0.5, 0.6) is 5.75 Å². The summed E-state index contributed by atoms with van der Waals surface area (Å²) in [5.41, 5.74) is 1.26. The van der Waals surface area contributed by atoms with Gasteiger partial charge < -0.3 is 10.1 Å². The summed E-state index contributed by atoms with van der Waals surface area (Å²) >= 11 is 1.72. The van der Waals surface area contributed by atoms with Crippen LogP contribution in [0.4, 0.5) is 0 Å². The lowest BCUT2D eigenvalue weighted by Crippen LogP contribution is -2.17. The fraction of sp³-hybridized carbons (Fsp3) is 0.333. The lowest BCUT2D eigenvalue weighted by Gasteiger charge is -2.14. The zero-order valence-electron chi connectivity index (χ0n) is 10.8. The molecule has 3 heteroatoms. The zero-order chi connectivity index (χ0) is 12.8. The van der Waals surface area contributed by atoms with E-state index < -0.39 is 0 Å². The van der Waals surface area contributed by atoms with Gasteiger partial charge in [0.05, 0.1) is 0 Å². The third kappa shape index (κ3) is 3.59. The average Bonchev–Trinajstić information content (AvgIpc) is 2.90. The largest absolute Gasteiger partial charge is 0.488 e. The lowest BCUT2D eigenvalue weighted by molar-refractivity contribution is 0.309. The van der Waals surface area contributed by atoms with Crippen LogP contribution in [0, 0.1) is 0 Å². The Morgan fingerprint density at radius 1 is 1.28 bits per heavy atom. The van der Waals surface area contributed by atoms with Gasteiger partial charge in [0, 0.05) is 10.9 Å². The SMILES string of the molecule is CCNC(C)c1cccc(OCc2cccs2)c1. The molecular formula is C15H19NOS. The van der Waals surface area contributed by atoms with Gasteiger partial charge in [-0.25, -0.2) is 0 Å². The van der Waals surface area contributed by atoms with Crippen molar-refractivity contribution >= 4 is 11.3 Å². The van der Waals surface area contributed by atoms with Crippen LogP contribution < -0.4 is 10.1 Å². The molecule has 2 rings (SSSR count). The number of nitrogens with one attached hydrogen (secondary N) is 1. The molecule has 0 aliphatic rings. The van der Waals surface area contributed by atoms with Crippen LogP contribution in [0.3, 0.4) is 0 Å². The van der Waals surface area contributed by atoms with E-state index in [0.717, 1.165) is 12.3 Å². The van der Waals surface area contributed by atoms with E-state index in [1.54, 1.807) is 11.3 Å². The molecule has 0 aliphatic heterocycles. The molecule has 0 saturated carbocycles. The van der Waals surface area contributed by atoms with Crippen molar-refractivity contribution in [3.63, 3.8) is 0 Å². The van der Waals surface area contributed by atoms with Gasteiger partial charge in [0.15, 0.2) is 0 Å². The van der Waals surface area contributed by atoms with Gasteiger partial charge in [-0.1, -0.05) is 25.1 Å². The molecule has 1 N–H and O–H groups in total. The first-order valence-corrected chi connectivity index (χ1v) is 7.16. The van der Waals surface area contributed by atoms with Gasteiger partial charge in [0.2, 0.25) is 0 Å². The second kappa shape index (κ2) is 6.57. The molecule has 1 aromatic heterocycles. The minimum Gasteiger partial charge on any atom is -0.488 e. The van der Waals surface area contributed by atoms with Crippen LogP contribution >= 0.6 is 11.3 Å². The second-order valence-electron chi connectivity index (χ2n) is 4.22. The van der Waals surface area contributed by atoms with Crippen LogP contribution in [0.1, 0.15) is 30.3 Å². The fourth-order valence-corrected chi connectivity index (χ4v) is 2.46. The summed E-state index contributed by atoms with van der Waals surface area (Å²) in [7, 11) is 0. The Balaban J connectivity index is 1.98. The van der Waals surface area contributed by atoms with Crippen LogP contribution in [-0.2, 0) is 6.61 Å². The first-order chi connectivity index (χ1) is 8.79. The van der Waals surface area contributed by atoms with E-state index >= 15 is 0 Å². The van der Waals surface area contributed by atoms with Gasteiger partial charge in [0.25, 0.3) is 0 Å². The Morgan fingerprint density at radius 3 is 2.89 bits per heavy atom. The highest BCUT2D eigenvalue weighted by Crippen LogP contribution is 2.20. The van der Waals surface area contributed by atoms with E-state index in [-0.39, 0.29) is 0 Å². The van der Waals surface area contributed by atoms with Crippen molar-refractivity contribution < 1.29 is 4.74 Å². The maximum atomic E-state index is 5.80. The van der Waals surface area contributed by atoms with Crippen molar-refractivity contribution in [2.75, 3.05) is 6.54 Å². The highest BCUT2D eigenvalue weighted by atomic mass is 32.1. The van der Waals surface area contributed by atoms with Gasteiger partial charge >= 0.3 is 0 Å². The van der Waals surface area contributed by atoms with Crippen LogP contribution in [0.25, 0.3) is 0 Å². The predicted octanol–water partition coefficient (Wildman–Crippen LogP) is 4.00. The molecule has 1 heterocycles. The van der Waals surface area contributed by atoms with Crippen molar-refractivity contribution in [1.29, 1.82) is 0 Å². The van der Waals surface area contributed by atoms with Gasteiger partial charge in [-0.15, -0.1) is 11.3 Å². The Bertz CT molecular complexity index is 467. The molecule has 0 amide bonds. The van der Waals surface area contributed by atoms with E-state index in [1.165, 1.54) is 10.4 Å². The van der Waals surface area contributed by atoms with Gasteiger partial charge in [-0.2, -0.15) is 0 Å². The molecule has 0 bridgehead atoms. The summed E-state index contributed by atoms with van der Waals surface area (Å²) in [6, 6.07) is 12.8. The average molecular weight is 261 g/mol. The molecule has 2 nitrogen and oxygen atoms in total. The lowest BCUT2D eigenvalue weighted by atomic mass is 10.1. The Morgan fingerprint density at radius 2 is 2.17 bits per heavy atom. The smallest absolute Gasteiger partial charge is 0.122 e. The summed E-state index contributed by atoms with van der Waals surface area (Å²) in [4.78, 5) is 1.25. The van der Waals surface area contributed by atoms with Gasteiger partial charge in [-0.05, 0) is 42.6 Å². The maximum Gasteiger partial charge on any atom is 0.122 e. The molecule has 0 aliphatic carbocycles. The molecule has 0 fully saturated rings. The van der Waals surface area contributed by atoms with Gasteiger partial charge in [-0.3, -0.25) is 0 Å². The summed E-state index contributed by atoms with van der Waals surface area (Å²) in [5, 5.41) is 5.48. The monoisotopic (exact) mass is 261 g/mol. The molecule has 0 saturated heterocycles. The summed E-state index contributed by atoms with van der Waals surface area (Å²) in [6.07, 6.45) is 0. The fourth-order valence-electron chi connectivity index (χ4n) is 1.85. The van der Waals surface area contributed by atoms with E-state index in [4.69, 9.17) is 4.74 Å². The minimum atomic E-state index is 0.361. The first kappa shape index (κ1) is 13.1. The first-order valence-electron chi connectivity index (χ1n) is 6.28. The zero-order valence-corrected chi connectivity index (χ0v) is 11.7. The number of rotatable bonds is 6. The number of ether oxygens (including phenoxy) is 1. The second-order valence-corrected chi connectivity index (χ2v) is 5.25. The van der Waals surface area contributed by atoms with Crippen molar-refractivity contribution in [1.82, 2.24) is 5.32 Å². The molecule has 1 atom stereocenters. The molecule has 1 unspecified atom stereocenters. The highest BCUT2D eigenvalue weighted by Gasteiger charge is 2.05. The van der Waals surface area contributed by atoms with Crippen molar-refractivity contribution in [2.45, 2.75) is 26.5 Å². The molecule has 18 heavy (non-hydrogen) atoms. The molecule has 1 aromatic carbocycles. The molecule has 2 aromatic rings. The van der Waals surface area contributed by atoms with Crippen LogP contribution in [-0.4, -0.2) is 6.54 Å². The van der Waals surface area contributed by atoms with E-state index in [2.05, 4.69) is 42.7 Å². The van der Waals surface area contributed by atoms with E-state index in [9.17, 15) is 0 Å². The topological polar surface area (TPSA) is 21.3 Å². The number of hydrogen-bond donors (Lipinski definition) is 1. The summed E-state index contributed by atoms with van der Waals surface area (Å²) in [5.74, 6) is 0.936. The van der Waals surface area contributed by atoms with E-state index in [1.807, 2.05) is 18.2 Å². The van der Waals surface area contributed by atoms with Gasteiger partial charge in [0.1, 0.15) is 12.4 Å². The standard InChI is InChI=1S/C15H19NOS/c1-3-16-12(2)13-6-4-7-14(10-13)17-11-15-8-5-9-18-15/h4-10,12,16H,3,11H2,1-2H3. The minimum absolute atomic E-state index is 0.361. The normalized spacial score (nSPS) is 12.3. The molecule has 96 valence electrons. The van der Waals surface area contributed by atoms with Crippen LogP contribution in [0.2, 0.25) is 0 Å². The molecule has 0 spiro atoms. The highest BCUT2D eigenvalue weighted by molar-refractivity contribution is 7.09. The molecular weight excluding hydrogens is 242 g/mol.